The Morgan fingerprint density at radius 1 is 1.00 bits per heavy atom. The van der Waals surface area contributed by atoms with Crippen molar-refractivity contribution in [3.63, 3.8) is 0 Å². The first-order valence-corrected chi connectivity index (χ1v) is 9.14. The molecule has 0 spiro atoms. The highest BCUT2D eigenvalue weighted by molar-refractivity contribution is 5.81. The van der Waals surface area contributed by atoms with Gasteiger partial charge in [-0.05, 0) is 31.7 Å². The largest absolute Gasteiger partial charge is 0.281 e. The molecule has 1 saturated carbocycles. The van der Waals surface area contributed by atoms with Crippen LogP contribution in [0.3, 0.4) is 0 Å². The van der Waals surface area contributed by atoms with Crippen molar-refractivity contribution in [3.05, 3.63) is 54.1 Å². The molecule has 1 fully saturated rings. The number of H-pyrrole nitrogens is 1. The van der Waals surface area contributed by atoms with Gasteiger partial charge in [0.05, 0.1) is 5.69 Å². The predicted molar refractivity (Wildman–Crippen MR) is 100 cm³/mol. The summed E-state index contributed by atoms with van der Waals surface area (Å²) in [5.74, 6) is 1.37. The van der Waals surface area contributed by atoms with Crippen molar-refractivity contribution in [1.82, 2.24) is 20.2 Å². The first kappa shape index (κ1) is 16.0. The first-order valence-electron chi connectivity index (χ1n) is 9.14. The van der Waals surface area contributed by atoms with Crippen molar-refractivity contribution >= 4 is 0 Å². The highest BCUT2D eigenvalue weighted by Crippen LogP contribution is 2.41. The molecule has 25 heavy (non-hydrogen) atoms. The van der Waals surface area contributed by atoms with Gasteiger partial charge in [-0.1, -0.05) is 49.6 Å². The van der Waals surface area contributed by atoms with Gasteiger partial charge in [-0.2, -0.15) is 5.10 Å². The molecule has 1 aromatic carbocycles. The van der Waals surface area contributed by atoms with E-state index in [4.69, 9.17) is 5.10 Å². The van der Waals surface area contributed by atoms with Gasteiger partial charge in [0.15, 0.2) is 0 Å². The zero-order chi connectivity index (χ0) is 17.2. The van der Waals surface area contributed by atoms with Crippen LogP contribution in [-0.2, 0) is 0 Å². The van der Waals surface area contributed by atoms with E-state index < -0.39 is 0 Å². The van der Waals surface area contributed by atoms with Gasteiger partial charge in [-0.3, -0.25) is 5.10 Å². The summed E-state index contributed by atoms with van der Waals surface area (Å²) >= 11 is 0. The lowest BCUT2D eigenvalue weighted by atomic mass is 9.80. The lowest BCUT2D eigenvalue weighted by Gasteiger charge is -2.26. The Balaban J connectivity index is 1.81. The minimum atomic E-state index is 0.535. The third kappa shape index (κ3) is 3.21. The van der Waals surface area contributed by atoms with Crippen molar-refractivity contribution in [3.8, 4) is 22.5 Å². The van der Waals surface area contributed by atoms with Crippen LogP contribution in [0.4, 0.5) is 0 Å². The lowest BCUT2D eigenvalue weighted by Crippen LogP contribution is -2.12. The Kier molecular flexibility index (Phi) is 4.35. The summed E-state index contributed by atoms with van der Waals surface area (Å²) in [7, 11) is 0. The van der Waals surface area contributed by atoms with E-state index in [0.717, 1.165) is 28.4 Å². The number of nitrogens with one attached hydrogen (secondary N) is 1. The average molecular weight is 332 g/mol. The molecule has 4 nitrogen and oxygen atoms in total. The maximum Gasteiger partial charge on any atom is 0.116 e. The topological polar surface area (TPSA) is 54.5 Å². The summed E-state index contributed by atoms with van der Waals surface area (Å²) in [6.07, 6.45) is 8.43. The van der Waals surface area contributed by atoms with E-state index >= 15 is 0 Å². The van der Waals surface area contributed by atoms with E-state index in [1.807, 2.05) is 6.07 Å². The molecule has 0 atom stereocenters. The molecule has 2 heterocycles. The molecular weight excluding hydrogens is 308 g/mol. The maximum absolute atomic E-state index is 4.70. The Labute approximate surface area is 148 Å². The molecule has 2 aromatic heterocycles. The van der Waals surface area contributed by atoms with Crippen LogP contribution in [0.2, 0.25) is 0 Å². The van der Waals surface area contributed by atoms with Gasteiger partial charge in [-0.25, -0.2) is 9.97 Å². The Hall–Kier alpha value is -2.49. The standard InChI is InChI=1S/C21H24N4/c1-14-3-7-16(8-4-14)20-19(18-11-12-22-13-23-18)21(25-24-20)17-9-5-15(2)6-10-17/h3-4,7-8,11-13,15,17H,5-6,9-10H2,1-2H3,(H,24,25). The molecule has 0 unspecified atom stereocenters. The molecule has 4 rings (SSSR count). The molecule has 1 aliphatic carbocycles. The zero-order valence-corrected chi connectivity index (χ0v) is 14.9. The Morgan fingerprint density at radius 2 is 1.76 bits per heavy atom. The fourth-order valence-corrected chi connectivity index (χ4v) is 3.82. The SMILES string of the molecule is Cc1ccc(-c2n[nH]c(C3CCC(C)CC3)c2-c2ccncn2)cc1. The van der Waals surface area contributed by atoms with Crippen LogP contribution in [0.25, 0.3) is 22.5 Å². The number of nitrogens with zero attached hydrogens (tertiary/aromatic N) is 3. The fourth-order valence-electron chi connectivity index (χ4n) is 3.82. The average Bonchev–Trinajstić information content (AvgIpc) is 3.09. The number of aryl methyl sites for hydroxylation is 1. The normalized spacial score (nSPS) is 20.6. The van der Waals surface area contributed by atoms with E-state index in [0.29, 0.717) is 5.92 Å². The monoisotopic (exact) mass is 332 g/mol. The Morgan fingerprint density at radius 3 is 2.44 bits per heavy atom. The molecule has 0 bridgehead atoms. The van der Waals surface area contributed by atoms with Crippen LogP contribution < -0.4 is 0 Å². The zero-order valence-electron chi connectivity index (χ0n) is 14.9. The van der Waals surface area contributed by atoms with Gasteiger partial charge in [0, 0.05) is 28.9 Å². The summed E-state index contributed by atoms with van der Waals surface area (Å²) < 4.78 is 0. The van der Waals surface area contributed by atoms with Crippen molar-refractivity contribution in [2.75, 3.05) is 0 Å². The van der Waals surface area contributed by atoms with Crippen LogP contribution in [0.1, 0.15) is 49.8 Å². The van der Waals surface area contributed by atoms with Gasteiger partial charge in [-0.15, -0.1) is 0 Å². The minimum absolute atomic E-state index is 0.535. The second kappa shape index (κ2) is 6.79. The fraction of sp³-hybridized carbons (Fsp3) is 0.381. The smallest absolute Gasteiger partial charge is 0.116 e. The van der Waals surface area contributed by atoms with Crippen LogP contribution in [0, 0.1) is 12.8 Å². The van der Waals surface area contributed by atoms with Crippen molar-refractivity contribution < 1.29 is 0 Å². The van der Waals surface area contributed by atoms with Gasteiger partial charge in [0.1, 0.15) is 12.0 Å². The summed E-state index contributed by atoms with van der Waals surface area (Å²) in [4.78, 5) is 8.60. The highest BCUT2D eigenvalue weighted by atomic mass is 15.1. The summed E-state index contributed by atoms with van der Waals surface area (Å²) in [6.45, 7) is 4.46. The van der Waals surface area contributed by atoms with Gasteiger partial charge in [0.25, 0.3) is 0 Å². The molecule has 4 heteroatoms. The van der Waals surface area contributed by atoms with Crippen LogP contribution >= 0.6 is 0 Å². The van der Waals surface area contributed by atoms with Crippen molar-refractivity contribution in [1.29, 1.82) is 0 Å². The molecule has 0 saturated heterocycles. The van der Waals surface area contributed by atoms with E-state index in [9.17, 15) is 0 Å². The van der Waals surface area contributed by atoms with Crippen LogP contribution in [-0.4, -0.2) is 20.2 Å². The summed E-state index contributed by atoms with van der Waals surface area (Å²) in [6, 6.07) is 10.5. The molecule has 1 aliphatic rings. The number of aromatic nitrogens is 4. The van der Waals surface area contributed by atoms with Gasteiger partial charge >= 0.3 is 0 Å². The number of aromatic amines is 1. The van der Waals surface area contributed by atoms with E-state index in [-0.39, 0.29) is 0 Å². The number of hydrogen-bond acceptors (Lipinski definition) is 3. The second-order valence-electron chi connectivity index (χ2n) is 7.28. The van der Waals surface area contributed by atoms with Crippen LogP contribution in [0.5, 0.6) is 0 Å². The molecule has 0 aliphatic heterocycles. The summed E-state index contributed by atoms with van der Waals surface area (Å²) in [5.41, 5.74) is 6.71. The van der Waals surface area contributed by atoms with Crippen molar-refractivity contribution in [2.24, 2.45) is 5.92 Å². The molecule has 3 aromatic rings. The first-order chi connectivity index (χ1) is 12.2. The van der Waals surface area contributed by atoms with Crippen LogP contribution in [0.15, 0.2) is 42.9 Å². The molecular formula is C21H24N4. The van der Waals surface area contributed by atoms with Gasteiger partial charge in [0.2, 0.25) is 0 Å². The third-order valence-electron chi connectivity index (χ3n) is 5.38. The number of hydrogen-bond donors (Lipinski definition) is 1. The lowest BCUT2D eigenvalue weighted by molar-refractivity contribution is 0.344. The highest BCUT2D eigenvalue weighted by Gasteiger charge is 2.27. The van der Waals surface area contributed by atoms with E-state index in [2.05, 4.69) is 53.2 Å². The van der Waals surface area contributed by atoms with E-state index in [1.165, 1.54) is 36.9 Å². The molecule has 0 amide bonds. The predicted octanol–water partition coefficient (Wildman–Crippen LogP) is 5.14. The minimum Gasteiger partial charge on any atom is -0.281 e. The molecule has 0 radical (unpaired) electrons. The molecule has 1 N–H and O–H groups in total. The Bertz CT molecular complexity index is 828. The molecule has 128 valence electrons. The second-order valence-corrected chi connectivity index (χ2v) is 7.28. The van der Waals surface area contributed by atoms with Gasteiger partial charge < -0.3 is 0 Å². The van der Waals surface area contributed by atoms with Crippen molar-refractivity contribution in [2.45, 2.75) is 45.4 Å². The van der Waals surface area contributed by atoms with E-state index in [1.54, 1.807) is 12.5 Å². The third-order valence-corrected chi connectivity index (χ3v) is 5.38. The number of rotatable bonds is 3. The number of benzene rings is 1. The quantitative estimate of drug-likeness (QED) is 0.723. The maximum atomic E-state index is 4.70. The summed E-state index contributed by atoms with van der Waals surface area (Å²) in [5, 5.41) is 8.06.